The van der Waals surface area contributed by atoms with Crippen LogP contribution in [0.4, 0.5) is 0 Å². The molecule has 2 aromatic carbocycles. The van der Waals surface area contributed by atoms with Gasteiger partial charge >= 0.3 is 0 Å². The summed E-state index contributed by atoms with van der Waals surface area (Å²) < 4.78 is 0. The number of nitrogens with one attached hydrogen (secondary N) is 2. The Morgan fingerprint density at radius 2 is 1.85 bits per heavy atom. The molecule has 0 atom stereocenters. The maximum absolute atomic E-state index is 12.3. The van der Waals surface area contributed by atoms with Crippen LogP contribution >= 0.6 is 34.9 Å². The van der Waals surface area contributed by atoms with Crippen molar-refractivity contribution in [2.24, 2.45) is 0 Å². The largest absolute Gasteiger partial charge is 0.351 e. The van der Waals surface area contributed by atoms with Crippen LogP contribution in [0.3, 0.4) is 0 Å². The third-order valence-corrected chi connectivity index (χ3v) is 7.60. The standard InChI is InChI=1S/C24H22N4O2S3/c1-15-22(33-23(26-15)17-6-4-3-5-7-17)19-12-20(29)28-24(27-19)32-14-21(30)25-13-16-8-10-18(31-2)11-9-16/h3-12H,13-14H2,1-2H3,(H,25,30)(H,27,28,29). The molecule has 2 aromatic heterocycles. The summed E-state index contributed by atoms with van der Waals surface area (Å²) in [7, 11) is 0. The summed E-state index contributed by atoms with van der Waals surface area (Å²) >= 11 is 4.38. The van der Waals surface area contributed by atoms with Crippen molar-refractivity contribution in [2.75, 3.05) is 12.0 Å². The van der Waals surface area contributed by atoms with Gasteiger partial charge in [0.15, 0.2) is 5.16 Å². The molecular weight excluding hydrogens is 472 g/mol. The van der Waals surface area contributed by atoms with Gasteiger partial charge in [-0.15, -0.1) is 23.1 Å². The second-order valence-electron chi connectivity index (χ2n) is 7.15. The van der Waals surface area contributed by atoms with Gasteiger partial charge in [-0.05, 0) is 30.9 Å². The highest BCUT2D eigenvalue weighted by molar-refractivity contribution is 7.99. The van der Waals surface area contributed by atoms with E-state index >= 15 is 0 Å². The molecule has 9 heteroatoms. The van der Waals surface area contributed by atoms with Gasteiger partial charge in [0, 0.05) is 23.1 Å². The minimum absolute atomic E-state index is 0.123. The summed E-state index contributed by atoms with van der Waals surface area (Å²) in [5.41, 5.74) is 3.18. The van der Waals surface area contributed by atoms with Gasteiger partial charge in [0.05, 0.1) is 22.0 Å². The number of H-pyrrole nitrogens is 1. The van der Waals surface area contributed by atoms with Crippen molar-refractivity contribution in [3.05, 3.63) is 82.3 Å². The number of benzene rings is 2. The maximum atomic E-state index is 12.3. The third kappa shape index (κ3) is 6.13. The average molecular weight is 495 g/mol. The Kier molecular flexibility index (Phi) is 7.64. The topological polar surface area (TPSA) is 87.7 Å². The van der Waals surface area contributed by atoms with E-state index in [4.69, 9.17) is 0 Å². The Labute approximate surface area is 204 Å². The number of aromatic nitrogens is 3. The Hall–Kier alpha value is -2.88. The van der Waals surface area contributed by atoms with Crippen molar-refractivity contribution in [3.63, 3.8) is 0 Å². The van der Waals surface area contributed by atoms with Gasteiger partial charge in [-0.25, -0.2) is 9.97 Å². The highest BCUT2D eigenvalue weighted by Gasteiger charge is 2.15. The van der Waals surface area contributed by atoms with E-state index in [1.54, 1.807) is 11.8 Å². The molecule has 168 valence electrons. The zero-order valence-corrected chi connectivity index (χ0v) is 20.6. The number of aryl methyl sites for hydroxylation is 1. The smallest absolute Gasteiger partial charge is 0.252 e. The fourth-order valence-electron chi connectivity index (χ4n) is 3.09. The molecule has 4 rings (SSSR count). The minimum Gasteiger partial charge on any atom is -0.351 e. The molecule has 2 heterocycles. The lowest BCUT2D eigenvalue weighted by atomic mass is 10.2. The summed E-state index contributed by atoms with van der Waals surface area (Å²) in [5.74, 6) is 0.0361. The van der Waals surface area contributed by atoms with Crippen molar-refractivity contribution >= 4 is 40.8 Å². The van der Waals surface area contributed by atoms with Gasteiger partial charge < -0.3 is 10.3 Å². The number of nitrogens with zero attached hydrogens (tertiary/aromatic N) is 2. The van der Waals surface area contributed by atoms with E-state index in [-0.39, 0.29) is 17.2 Å². The molecule has 0 spiro atoms. The van der Waals surface area contributed by atoms with Crippen molar-refractivity contribution in [1.29, 1.82) is 0 Å². The van der Waals surface area contributed by atoms with Crippen LogP contribution in [0, 0.1) is 6.92 Å². The molecule has 33 heavy (non-hydrogen) atoms. The van der Waals surface area contributed by atoms with Crippen LogP contribution in [-0.4, -0.2) is 32.9 Å². The fourth-order valence-corrected chi connectivity index (χ4v) is 5.23. The van der Waals surface area contributed by atoms with E-state index in [0.717, 1.165) is 26.7 Å². The lowest BCUT2D eigenvalue weighted by Crippen LogP contribution is -2.24. The molecular formula is C24H22N4O2S3. The van der Waals surface area contributed by atoms with Gasteiger partial charge in [-0.3, -0.25) is 9.59 Å². The lowest BCUT2D eigenvalue weighted by molar-refractivity contribution is -0.118. The molecule has 0 bridgehead atoms. The van der Waals surface area contributed by atoms with Crippen LogP contribution in [0.1, 0.15) is 11.3 Å². The summed E-state index contributed by atoms with van der Waals surface area (Å²) in [6, 6.07) is 19.5. The second kappa shape index (κ2) is 10.8. The predicted octanol–water partition coefficient (Wildman–Crippen LogP) is 5.00. The molecule has 4 aromatic rings. The van der Waals surface area contributed by atoms with E-state index in [1.807, 2.05) is 67.8 Å². The second-order valence-corrected chi connectivity index (χ2v) is 9.99. The molecule has 0 fully saturated rings. The Bertz CT molecular complexity index is 1300. The lowest BCUT2D eigenvalue weighted by Gasteiger charge is -2.06. The van der Waals surface area contributed by atoms with Crippen molar-refractivity contribution in [2.45, 2.75) is 23.5 Å². The van der Waals surface area contributed by atoms with Gasteiger partial charge in [-0.1, -0.05) is 54.2 Å². The quantitative estimate of drug-likeness (QED) is 0.265. The van der Waals surface area contributed by atoms with Crippen molar-refractivity contribution in [1.82, 2.24) is 20.3 Å². The molecule has 0 radical (unpaired) electrons. The van der Waals surface area contributed by atoms with E-state index < -0.39 is 0 Å². The number of thiazole rings is 1. The summed E-state index contributed by atoms with van der Waals surface area (Å²) in [4.78, 5) is 38.5. The Morgan fingerprint density at radius 1 is 1.09 bits per heavy atom. The third-order valence-electron chi connectivity index (χ3n) is 4.76. The first kappa shape index (κ1) is 23.3. The Balaban J connectivity index is 1.42. The average Bonchev–Trinajstić information content (AvgIpc) is 3.23. The molecule has 1 amide bonds. The van der Waals surface area contributed by atoms with Gasteiger partial charge in [0.25, 0.3) is 5.56 Å². The van der Waals surface area contributed by atoms with Crippen LogP contribution in [-0.2, 0) is 11.3 Å². The van der Waals surface area contributed by atoms with Crippen molar-refractivity contribution < 1.29 is 4.79 Å². The highest BCUT2D eigenvalue weighted by Crippen LogP contribution is 2.34. The number of hydrogen-bond acceptors (Lipinski definition) is 7. The maximum Gasteiger partial charge on any atom is 0.252 e. The first-order valence-corrected chi connectivity index (χ1v) is 13.2. The van der Waals surface area contributed by atoms with E-state index in [1.165, 1.54) is 34.1 Å². The fraction of sp³-hybridized carbons (Fsp3) is 0.167. The highest BCUT2D eigenvalue weighted by atomic mass is 32.2. The molecule has 6 nitrogen and oxygen atoms in total. The normalized spacial score (nSPS) is 10.8. The monoisotopic (exact) mass is 494 g/mol. The molecule has 0 saturated carbocycles. The first-order chi connectivity index (χ1) is 16.0. The molecule has 0 aliphatic heterocycles. The van der Waals surface area contributed by atoms with Gasteiger partial charge in [-0.2, -0.15) is 0 Å². The summed E-state index contributed by atoms with van der Waals surface area (Å²) in [6.07, 6.45) is 2.03. The Morgan fingerprint density at radius 3 is 2.58 bits per heavy atom. The number of amides is 1. The van der Waals surface area contributed by atoms with E-state index in [9.17, 15) is 9.59 Å². The first-order valence-electron chi connectivity index (χ1n) is 10.2. The van der Waals surface area contributed by atoms with Gasteiger partial charge in [0.2, 0.25) is 5.91 Å². The van der Waals surface area contributed by atoms with Crippen LogP contribution in [0.15, 0.2) is 75.5 Å². The molecule has 0 unspecified atom stereocenters. The molecule has 0 aliphatic rings. The number of rotatable bonds is 8. The predicted molar refractivity (Wildman–Crippen MR) is 137 cm³/mol. The van der Waals surface area contributed by atoms with Crippen LogP contribution in [0.25, 0.3) is 21.1 Å². The van der Waals surface area contributed by atoms with Crippen molar-refractivity contribution in [3.8, 4) is 21.1 Å². The zero-order chi connectivity index (χ0) is 23.2. The minimum atomic E-state index is -0.258. The number of hydrogen-bond donors (Lipinski definition) is 2. The van der Waals surface area contributed by atoms with Crippen LogP contribution in [0.5, 0.6) is 0 Å². The number of carbonyl (C=O) groups excluding carboxylic acids is 1. The molecule has 0 aliphatic carbocycles. The number of aromatic amines is 1. The van der Waals surface area contributed by atoms with E-state index in [0.29, 0.717) is 17.4 Å². The van der Waals surface area contributed by atoms with Gasteiger partial charge in [0.1, 0.15) is 5.01 Å². The molecule has 2 N–H and O–H groups in total. The van der Waals surface area contributed by atoms with Crippen LogP contribution < -0.4 is 10.9 Å². The number of thioether (sulfide) groups is 2. The summed E-state index contributed by atoms with van der Waals surface area (Å²) in [6.45, 7) is 2.37. The molecule has 0 saturated heterocycles. The number of carbonyl (C=O) groups is 1. The van der Waals surface area contributed by atoms with Crippen LogP contribution in [0.2, 0.25) is 0 Å². The zero-order valence-electron chi connectivity index (χ0n) is 18.1. The summed E-state index contributed by atoms with van der Waals surface area (Å²) in [5, 5.41) is 4.19. The SMILES string of the molecule is CSc1ccc(CNC(=O)CSc2nc(-c3sc(-c4ccccc4)nc3C)cc(=O)[nH]2)cc1. The van der Waals surface area contributed by atoms with E-state index in [2.05, 4.69) is 20.3 Å².